The van der Waals surface area contributed by atoms with E-state index in [1.165, 1.54) is 12.8 Å². The monoisotopic (exact) mass is 234 g/mol. The SMILES string of the molecule is O=S1(=O)C[C@]23CCCC[C@]2(CC3)[C@@H]1Cl. The van der Waals surface area contributed by atoms with Gasteiger partial charge in [0.15, 0.2) is 9.84 Å². The topological polar surface area (TPSA) is 34.1 Å². The van der Waals surface area contributed by atoms with E-state index >= 15 is 0 Å². The molecule has 0 N–H and O–H groups in total. The minimum atomic E-state index is -3.00. The molecule has 14 heavy (non-hydrogen) atoms. The van der Waals surface area contributed by atoms with E-state index < -0.39 is 14.5 Å². The number of halogens is 1. The second-order valence-electron chi connectivity index (χ2n) is 5.27. The van der Waals surface area contributed by atoms with E-state index in [2.05, 4.69) is 0 Å². The highest BCUT2D eigenvalue weighted by Crippen LogP contribution is 2.72. The van der Waals surface area contributed by atoms with Crippen LogP contribution >= 0.6 is 11.6 Å². The lowest BCUT2D eigenvalue weighted by atomic mass is 9.45. The summed E-state index contributed by atoms with van der Waals surface area (Å²) in [5.74, 6) is 0.369. The molecule has 80 valence electrons. The number of rotatable bonds is 0. The second kappa shape index (κ2) is 2.49. The molecular formula is C10H15ClO2S. The maximum atomic E-state index is 11.8. The quantitative estimate of drug-likeness (QED) is 0.603. The lowest BCUT2D eigenvalue weighted by molar-refractivity contribution is -0.0769. The Morgan fingerprint density at radius 2 is 1.79 bits per heavy atom. The van der Waals surface area contributed by atoms with Crippen LogP contribution in [-0.4, -0.2) is 18.9 Å². The van der Waals surface area contributed by atoms with Crippen molar-refractivity contribution in [1.29, 1.82) is 0 Å². The van der Waals surface area contributed by atoms with E-state index in [0.29, 0.717) is 5.75 Å². The van der Waals surface area contributed by atoms with Crippen LogP contribution in [0.5, 0.6) is 0 Å². The van der Waals surface area contributed by atoms with Crippen molar-refractivity contribution >= 4 is 21.4 Å². The zero-order chi connectivity index (χ0) is 10.0. The summed E-state index contributed by atoms with van der Waals surface area (Å²) in [7, 11) is -3.00. The first-order valence-electron chi connectivity index (χ1n) is 5.38. The molecule has 0 radical (unpaired) electrons. The maximum absolute atomic E-state index is 11.8. The predicted molar refractivity (Wildman–Crippen MR) is 56.0 cm³/mol. The van der Waals surface area contributed by atoms with Crippen LogP contribution in [-0.2, 0) is 9.84 Å². The summed E-state index contributed by atoms with van der Waals surface area (Å²) in [4.78, 5) is 0. The van der Waals surface area contributed by atoms with Crippen LogP contribution in [0.4, 0.5) is 0 Å². The molecule has 3 rings (SSSR count). The van der Waals surface area contributed by atoms with E-state index in [1.807, 2.05) is 0 Å². The highest BCUT2D eigenvalue weighted by Gasteiger charge is 2.71. The first-order valence-corrected chi connectivity index (χ1v) is 7.53. The summed E-state index contributed by atoms with van der Waals surface area (Å²) < 4.78 is 23.1. The van der Waals surface area contributed by atoms with Gasteiger partial charge in [-0.25, -0.2) is 8.42 Å². The van der Waals surface area contributed by atoms with Gasteiger partial charge in [0.1, 0.15) is 4.71 Å². The second-order valence-corrected chi connectivity index (χ2v) is 8.05. The Labute approximate surface area is 89.9 Å². The highest BCUT2D eigenvalue weighted by atomic mass is 35.5. The summed E-state index contributed by atoms with van der Waals surface area (Å²) in [6.45, 7) is 0. The van der Waals surface area contributed by atoms with Crippen molar-refractivity contribution in [3.8, 4) is 0 Å². The van der Waals surface area contributed by atoms with Crippen LogP contribution < -0.4 is 0 Å². The van der Waals surface area contributed by atoms with Gasteiger partial charge < -0.3 is 0 Å². The molecule has 0 aromatic carbocycles. The molecule has 0 bridgehead atoms. The van der Waals surface area contributed by atoms with Crippen molar-refractivity contribution in [2.75, 3.05) is 5.75 Å². The zero-order valence-electron chi connectivity index (χ0n) is 8.13. The number of hydrogen-bond donors (Lipinski definition) is 0. The Kier molecular flexibility index (Phi) is 1.68. The third kappa shape index (κ3) is 0.827. The number of sulfone groups is 1. The number of alkyl halides is 1. The lowest BCUT2D eigenvalue weighted by Crippen LogP contribution is -2.54. The molecule has 2 nitrogen and oxygen atoms in total. The fourth-order valence-electron chi connectivity index (χ4n) is 4.03. The third-order valence-electron chi connectivity index (χ3n) is 4.86. The molecule has 0 spiro atoms. The summed E-state index contributed by atoms with van der Waals surface area (Å²) in [6, 6.07) is 0. The zero-order valence-corrected chi connectivity index (χ0v) is 9.70. The van der Waals surface area contributed by atoms with Crippen molar-refractivity contribution in [1.82, 2.24) is 0 Å². The molecule has 1 heterocycles. The van der Waals surface area contributed by atoms with Crippen molar-refractivity contribution in [2.45, 2.75) is 43.2 Å². The van der Waals surface area contributed by atoms with Crippen molar-refractivity contribution in [3.05, 3.63) is 0 Å². The van der Waals surface area contributed by atoms with Gasteiger partial charge in [-0.15, -0.1) is 11.6 Å². The van der Waals surface area contributed by atoms with Crippen LogP contribution in [0.1, 0.15) is 38.5 Å². The van der Waals surface area contributed by atoms with Gasteiger partial charge >= 0.3 is 0 Å². The normalized spacial score (nSPS) is 54.5. The van der Waals surface area contributed by atoms with Gasteiger partial charge in [0.05, 0.1) is 5.75 Å². The Hall–Kier alpha value is 0.240. The van der Waals surface area contributed by atoms with Gasteiger partial charge in [0.2, 0.25) is 0 Å². The third-order valence-corrected chi connectivity index (χ3v) is 8.13. The largest absolute Gasteiger partial charge is 0.227 e. The van der Waals surface area contributed by atoms with Gasteiger partial charge in [-0.05, 0) is 31.1 Å². The smallest absolute Gasteiger partial charge is 0.168 e. The van der Waals surface area contributed by atoms with Gasteiger partial charge in [-0.1, -0.05) is 12.8 Å². The fraction of sp³-hybridized carbons (Fsp3) is 1.00. The minimum absolute atomic E-state index is 0.0222. The Morgan fingerprint density at radius 1 is 1.07 bits per heavy atom. The average Bonchev–Trinajstić information content (AvgIpc) is 2.23. The molecule has 1 aliphatic heterocycles. The van der Waals surface area contributed by atoms with E-state index in [9.17, 15) is 8.42 Å². The molecule has 0 unspecified atom stereocenters. The molecule has 1 saturated heterocycles. The molecule has 0 amide bonds. The summed E-state index contributed by atoms with van der Waals surface area (Å²) in [5, 5.41) is 0. The van der Waals surface area contributed by atoms with Crippen LogP contribution in [0.3, 0.4) is 0 Å². The molecule has 4 heteroatoms. The molecule has 0 aromatic heterocycles. The van der Waals surface area contributed by atoms with Crippen LogP contribution in [0.15, 0.2) is 0 Å². The molecule has 3 atom stereocenters. The summed E-state index contributed by atoms with van der Waals surface area (Å²) >= 11 is 6.17. The van der Waals surface area contributed by atoms with Gasteiger partial charge in [-0.3, -0.25) is 0 Å². The first kappa shape index (κ1) is 9.46. The maximum Gasteiger partial charge on any atom is 0.168 e. The molecule has 2 aliphatic carbocycles. The molecule has 2 saturated carbocycles. The Morgan fingerprint density at radius 3 is 2.36 bits per heavy atom. The Bertz CT molecular complexity index is 378. The number of hydrogen-bond acceptors (Lipinski definition) is 2. The van der Waals surface area contributed by atoms with E-state index in [0.717, 1.165) is 25.7 Å². The molecule has 3 fully saturated rings. The summed E-state index contributed by atoms with van der Waals surface area (Å²) in [6.07, 6.45) is 6.63. The molecule has 0 aromatic rings. The van der Waals surface area contributed by atoms with Crippen LogP contribution in [0, 0.1) is 10.8 Å². The van der Waals surface area contributed by atoms with E-state index in [-0.39, 0.29) is 10.8 Å². The van der Waals surface area contributed by atoms with Gasteiger partial charge in [0, 0.05) is 5.41 Å². The van der Waals surface area contributed by atoms with Gasteiger partial charge in [0.25, 0.3) is 0 Å². The van der Waals surface area contributed by atoms with E-state index in [1.54, 1.807) is 0 Å². The van der Waals surface area contributed by atoms with Crippen molar-refractivity contribution in [3.63, 3.8) is 0 Å². The van der Waals surface area contributed by atoms with Crippen LogP contribution in [0.25, 0.3) is 0 Å². The minimum Gasteiger partial charge on any atom is -0.227 e. The molecular weight excluding hydrogens is 220 g/mol. The van der Waals surface area contributed by atoms with Crippen molar-refractivity contribution < 1.29 is 8.42 Å². The lowest BCUT2D eigenvalue weighted by Gasteiger charge is -2.58. The van der Waals surface area contributed by atoms with Crippen molar-refractivity contribution in [2.24, 2.45) is 10.8 Å². The average molecular weight is 235 g/mol. The first-order chi connectivity index (χ1) is 6.53. The van der Waals surface area contributed by atoms with Gasteiger partial charge in [-0.2, -0.15) is 0 Å². The summed E-state index contributed by atoms with van der Waals surface area (Å²) in [5.41, 5.74) is 0.0716. The Balaban J connectivity index is 2.12. The highest BCUT2D eigenvalue weighted by molar-refractivity contribution is 7.93. The standard InChI is InChI=1S/C10H15ClO2S/c11-8-10-4-2-1-3-9(10,5-6-10)7-14(8,12)13/h8H,1-7H2/t8-,9-,10+/m1/s1. The predicted octanol–water partition coefficient (Wildman–Crippen LogP) is 2.32. The van der Waals surface area contributed by atoms with E-state index in [4.69, 9.17) is 11.6 Å². The van der Waals surface area contributed by atoms with Crippen LogP contribution in [0.2, 0.25) is 0 Å². The fourth-order valence-corrected chi connectivity index (χ4v) is 7.33. The molecule has 3 aliphatic rings.